The number of benzene rings is 3. The quantitative estimate of drug-likeness (QED) is 0.263. The third-order valence-electron chi connectivity index (χ3n) is 6.98. The van der Waals surface area contributed by atoms with Crippen molar-refractivity contribution in [3.05, 3.63) is 131 Å². The van der Waals surface area contributed by atoms with Crippen molar-refractivity contribution >= 4 is 11.7 Å². The summed E-state index contributed by atoms with van der Waals surface area (Å²) >= 11 is 0. The average Bonchev–Trinajstić information content (AvgIpc) is 3.57. The van der Waals surface area contributed by atoms with Crippen LogP contribution in [0.2, 0.25) is 0 Å². The highest BCUT2D eigenvalue weighted by Crippen LogP contribution is 2.36. The van der Waals surface area contributed by atoms with E-state index in [-0.39, 0.29) is 12.6 Å². The van der Waals surface area contributed by atoms with E-state index in [1.165, 1.54) is 4.40 Å². The number of rotatable bonds is 11. The van der Waals surface area contributed by atoms with Gasteiger partial charge in [-0.3, -0.25) is 4.57 Å². The second kappa shape index (κ2) is 12.4. The van der Waals surface area contributed by atoms with E-state index >= 15 is 0 Å². The van der Waals surface area contributed by atoms with Gasteiger partial charge in [0, 0.05) is 12.4 Å². The Hall–Kier alpha value is -4.35. The SMILES string of the molecule is Nc1nc(=O)n2ccn([C@@H]3O[C@H](COCc4ccccc4)[C@@H](OCc4ccccc4)[C@H]3OCc3ccccc3)c2n1. The minimum atomic E-state index is -0.677. The van der Waals surface area contributed by atoms with E-state index in [1.54, 1.807) is 17.0 Å². The summed E-state index contributed by atoms with van der Waals surface area (Å²) in [4.78, 5) is 20.6. The number of hydrogen-bond acceptors (Lipinski definition) is 8. The van der Waals surface area contributed by atoms with Crippen molar-refractivity contribution in [1.29, 1.82) is 0 Å². The van der Waals surface area contributed by atoms with Gasteiger partial charge in [0.2, 0.25) is 11.7 Å². The second-order valence-corrected chi connectivity index (χ2v) is 9.83. The molecule has 0 aliphatic carbocycles. The lowest BCUT2D eigenvalue weighted by Crippen LogP contribution is -2.38. The number of nitrogens with two attached hydrogens (primary N) is 1. The Kier molecular flexibility index (Phi) is 8.15. The summed E-state index contributed by atoms with van der Waals surface area (Å²) in [5.74, 6) is 0.183. The number of nitrogen functional groups attached to an aromatic ring is 1. The first-order chi connectivity index (χ1) is 20.2. The lowest BCUT2D eigenvalue weighted by atomic mass is 10.1. The molecule has 6 rings (SSSR count). The summed E-state index contributed by atoms with van der Waals surface area (Å²) in [6.07, 6.45) is 1.11. The summed E-state index contributed by atoms with van der Waals surface area (Å²) in [5.41, 5.74) is 8.42. The fraction of sp³-hybridized carbons (Fsp3) is 0.258. The first-order valence-corrected chi connectivity index (χ1v) is 13.5. The molecule has 3 heterocycles. The topological polar surface area (TPSA) is 115 Å². The largest absolute Gasteiger partial charge is 0.374 e. The molecule has 0 bridgehead atoms. The van der Waals surface area contributed by atoms with Gasteiger partial charge in [-0.05, 0) is 16.7 Å². The molecule has 1 aliphatic heterocycles. The highest BCUT2D eigenvalue weighted by Gasteiger charge is 2.48. The van der Waals surface area contributed by atoms with Crippen LogP contribution in [0.5, 0.6) is 0 Å². The number of fused-ring (bicyclic) bond motifs is 1. The van der Waals surface area contributed by atoms with Gasteiger partial charge in [0.25, 0.3) is 0 Å². The number of anilines is 1. The zero-order chi connectivity index (χ0) is 28.0. The van der Waals surface area contributed by atoms with E-state index in [1.807, 2.05) is 91.0 Å². The fourth-order valence-electron chi connectivity index (χ4n) is 4.98. The van der Waals surface area contributed by atoms with E-state index in [0.717, 1.165) is 16.7 Å². The molecule has 0 unspecified atom stereocenters. The zero-order valence-electron chi connectivity index (χ0n) is 22.4. The van der Waals surface area contributed by atoms with Crippen LogP contribution in [0, 0.1) is 0 Å². The fourth-order valence-corrected chi connectivity index (χ4v) is 4.98. The molecule has 2 N–H and O–H groups in total. The van der Waals surface area contributed by atoms with Crippen LogP contribution in [0.3, 0.4) is 0 Å². The van der Waals surface area contributed by atoms with Crippen LogP contribution < -0.4 is 11.4 Å². The normalized spacial score (nSPS) is 20.5. The minimum absolute atomic E-state index is 0.116. The van der Waals surface area contributed by atoms with Crippen LogP contribution in [0.25, 0.3) is 5.78 Å². The number of hydrogen-bond donors (Lipinski definition) is 1. The van der Waals surface area contributed by atoms with Gasteiger partial charge < -0.3 is 24.7 Å². The van der Waals surface area contributed by atoms with Gasteiger partial charge in [0.15, 0.2) is 6.23 Å². The third-order valence-corrected chi connectivity index (χ3v) is 6.98. The van der Waals surface area contributed by atoms with E-state index in [2.05, 4.69) is 9.97 Å². The summed E-state index contributed by atoms with van der Waals surface area (Å²) in [7, 11) is 0. The summed E-state index contributed by atoms with van der Waals surface area (Å²) < 4.78 is 28.9. The predicted octanol–water partition coefficient (Wildman–Crippen LogP) is 3.76. The highest BCUT2D eigenvalue weighted by atomic mass is 16.6. The number of ether oxygens (including phenoxy) is 4. The molecule has 4 atom stereocenters. The number of aromatic nitrogens is 4. The van der Waals surface area contributed by atoms with Gasteiger partial charge in [0.1, 0.15) is 18.3 Å². The van der Waals surface area contributed by atoms with Crippen molar-refractivity contribution in [1.82, 2.24) is 18.9 Å². The van der Waals surface area contributed by atoms with Crippen molar-refractivity contribution in [2.24, 2.45) is 0 Å². The van der Waals surface area contributed by atoms with Crippen LogP contribution in [0.4, 0.5) is 5.95 Å². The van der Waals surface area contributed by atoms with Gasteiger partial charge in [-0.15, -0.1) is 0 Å². The Labute approximate surface area is 236 Å². The first-order valence-electron chi connectivity index (χ1n) is 13.5. The Bertz CT molecular complexity index is 1610. The van der Waals surface area contributed by atoms with Crippen molar-refractivity contribution in [2.45, 2.75) is 44.4 Å². The Morgan fingerprint density at radius 1 is 0.732 bits per heavy atom. The predicted molar refractivity (Wildman–Crippen MR) is 152 cm³/mol. The van der Waals surface area contributed by atoms with Crippen molar-refractivity contribution in [3.63, 3.8) is 0 Å². The molecule has 10 heteroatoms. The Morgan fingerprint density at radius 3 is 1.90 bits per heavy atom. The van der Waals surface area contributed by atoms with Crippen molar-refractivity contribution in [2.75, 3.05) is 12.3 Å². The number of imidazole rings is 1. The number of nitrogens with zero attached hydrogens (tertiary/aromatic N) is 4. The summed E-state index contributed by atoms with van der Waals surface area (Å²) in [6, 6.07) is 29.8. The van der Waals surface area contributed by atoms with Crippen LogP contribution in [0.15, 0.2) is 108 Å². The molecule has 3 aromatic carbocycles. The standard InChI is InChI=1S/C31H31N5O5/c32-29-33-30-35(16-17-36(30)31(37)34-29)28-27(40-20-24-14-8-3-9-15-24)26(39-19-23-12-6-2-7-13-23)25(41-28)21-38-18-22-10-4-1-5-11-22/h1-17,25-28H,18-21H2,(H2,32,34,37)/t25-,26-,27-,28-/m1/s1. The highest BCUT2D eigenvalue weighted by molar-refractivity contribution is 5.35. The molecule has 10 nitrogen and oxygen atoms in total. The van der Waals surface area contributed by atoms with Crippen molar-refractivity contribution < 1.29 is 18.9 Å². The van der Waals surface area contributed by atoms with Gasteiger partial charge in [-0.25, -0.2) is 9.20 Å². The molecule has 0 saturated carbocycles. The van der Waals surface area contributed by atoms with Crippen LogP contribution in [-0.4, -0.2) is 43.9 Å². The molecule has 1 fully saturated rings. The lowest BCUT2D eigenvalue weighted by molar-refractivity contribution is -0.0913. The monoisotopic (exact) mass is 553 g/mol. The third kappa shape index (κ3) is 6.21. The Balaban J connectivity index is 1.32. The summed E-state index contributed by atoms with van der Waals surface area (Å²) in [5, 5.41) is 0. The molecular weight excluding hydrogens is 522 g/mol. The second-order valence-electron chi connectivity index (χ2n) is 9.83. The van der Waals surface area contributed by atoms with E-state index in [0.29, 0.717) is 25.6 Å². The first kappa shape index (κ1) is 26.9. The zero-order valence-corrected chi connectivity index (χ0v) is 22.4. The minimum Gasteiger partial charge on any atom is -0.374 e. The van der Waals surface area contributed by atoms with E-state index < -0.39 is 30.2 Å². The van der Waals surface area contributed by atoms with Gasteiger partial charge >= 0.3 is 5.69 Å². The van der Waals surface area contributed by atoms with Crippen LogP contribution in [-0.2, 0) is 38.8 Å². The maximum atomic E-state index is 12.5. The molecule has 210 valence electrons. The average molecular weight is 554 g/mol. The molecule has 41 heavy (non-hydrogen) atoms. The summed E-state index contributed by atoms with van der Waals surface area (Å²) in [6.45, 7) is 1.40. The molecule has 0 amide bonds. The van der Waals surface area contributed by atoms with E-state index in [9.17, 15) is 4.79 Å². The molecule has 1 saturated heterocycles. The smallest absolute Gasteiger partial charge is 0.357 e. The maximum Gasteiger partial charge on any atom is 0.357 e. The molecule has 5 aromatic rings. The van der Waals surface area contributed by atoms with Crippen molar-refractivity contribution in [3.8, 4) is 0 Å². The molecule has 1 aliphatic rings. The van der Waals surface area contributed by atoms with E-state index in [4.69, 9.17) is 24.7 Å². The van der Waals surface area contributed by atoms with Gasteiger partial charge in [-0.1, -0.05) is 91.0 Å². The maximum absolute atomic E-state index is 12.5. The molecule has 0 radical (unpaired) electrons. The van der Waals surface area contributed by atoms with Crippen LogP contribution in [0.1, 0.15) is 22.9 Å². The van der Waals surface area contributed by atoms with Crippen LogP contribution >= 0.6 is 0 Å². The molecule has 0 spiro atoms. The van der Waals surface area contributed by atoms with Gasteiger partial charge in [0.05, 0.1) is 26.4 Å². The molecular formula is C31H31N5O5. The lowest BCUT2D eigenvalue weighted by Gasteiger charge is -2.25. The van der Waals surface area contributed by atoms with Gasteiger partial charge in [-0.2, -0.15) is 9.97 Å². The Morgan fingerprint density at radius 2 is 1.29 bits per heavy atom. The molecule has 2 aromatic heterocycles.